The first kappa shape index (κ1) is 17.5. The van der Waals surface area contributed by atoms with Gasteiger partial charge in [0.2, 0.25) is 5.78 Å². The predicted molar refractivity (Wildman–Crippen MR) is 97.4 cm³/mol. The minimum Gasteiger partial charge on any atom is -0.308 e. The molecule has 4 rings (SSSR count). The van der Waals surface area contributed by atoms with Crippen molar-refractivity contribution in [3.8, 4) is 11.3 Å². The number of carbonyl (C=O) groups excluding carboxylic acids is 1. The van der Waals surface area contributed by atoms with Gasteiger partial charge >= 0.3 is 6.03 Å². The van der Waals surface area contributed by atoms with Gasteiger partial charge in [0.05, 0.1) is 11.4 Å². The second-order valence-electron chi connectivity index (χ2n) is 5.83. The van der Waals surface area contributed by atoms with Crippen LogP contribution in [0.3, 0.4) is 0 Å². The molecule has 2 aromatic heterocycles. The minimum absolute atomic E-state index is 0.422. The zero-order valence-corrected chi connectivity index (χ0v) is 14.2. The number of urea groups is 1. The summed E-state index contributed by atoms with van der Waals surface area (Å²) in [6.07, 6.45) is 5.30. The molecule has 2 amide bonds. The van der Waals surface area contributed by atoms with E-state index in [0.717, 1.165) is 17.7 Å². The Kier molecular flexibility index (Phi) is 4.40. The fourth-order valence-corrected chi connectivity index (χ4v) is 2.60. The summed E-state index contributed by atoms with van der Waals surface area (Å²) >= 11 is 0. The van der Waals surface area contributed by atoms with E-state index in [1.54, 1.807) is 40.9 Å². The molecular weight excluding hydrogens is 371 g/mol. The number of amides is 2. The molecule has 0 aliphatic rings. The molecule has 9 heteroatoms. The van der Waals surface area contributed by atoms with Gasteiger partial charge < -0.3 is 10.6 Å². The second kappa shape index (κ2) is 7.03. The Morgan fingerprint density at radius 3 is 2.50 bits per heavy atom. The molecule has 0 fully saturated rings. The van der Waals surface area contributed by atoms with Crippen LogP contribution in [-0.4, -0.2) is 20.4 Å². The molecule has 0 spiro atoms. The van der Waals surface area contributed by atoms with Crippen molar-refractivity contribution in [3.63, 3.8) is 0 Å². The van der Waals surface area contributed by atoms with Crippen molar-refractivity contribution in [1.82, 2.24) is 14.4 Å². The first-order valence-corrected chi connectivity index (χ1v) is 8.13. The topological polar surface area (TPSA) is 71.3 Å². The smallest absolute Gasteiger partial charge is 0.308 e. The molecule has 4 aromatic rings. The lowest BCUT2D eigenvalue weighted by atomic mass is 10.1. The van der Waals surface area contributed by atoms with E-state index < -0.39 is 29.2 Å². The largest absolute Gasteiger partial charge is 0.323 e. The summed E-state index contributed by atoms with van der Waals surface area (Å²) in [6.45, 7) is 0. The van der Waals surface area contributed by atoms with Gasteiger partial charge in [0.1, 0.15) is 0 Å². The first-order valence-electron chi connectivity index (χ1n) is 8.13. The number of benzene rings is 2. The number of carbonyl (C=O) groups is 1. The van der Waals surface area contributed by atoms with Crippen LogP contribution in [0.2, 0.25) is 0 Å². The number of halogens is 3. The maximum Gasteiger partial charge on any atom is 0.323 e. The standard InChI is InChI=1S/C19H12F3N5O/c20-13-6-7-14(17(22)16(13)21)26-19(28)24-12-4-2-11(3-5-12)15-10-27-9-1-8-23-18(27)25-15/h1-10H,(H2,24,26,28). The van der Waals surface area contributed by atoms with Gasteiger partial charge in [-0.1, -0.05) is 12.1 Å². The molecule has 2 heterocycles. The van der Waals surface area contributed by atoms with Gasteiger partial charge in [-0.2, -0.15) is 0 Å². The molecule has 0 radical (unpaired) electrons. The van der Waals surface area contributed by atoms with E-state index >= 15 is 0 Å². The van der Waals surface area contributed by atoms with E-state index in [1.807, 2.05) is 12.4 Å². The lowest BCUT2D eigenvalue weighted by molar-refractivity contribution is 0.262. The Hall–Kier alpha value is -3.88. The molecule has 0 atom stereocenters. The first-order chi connectivity index (χ1) is 13.5. The van der Waals surface area contributed by atoms with E-state index in [2.05, 4.69) is 20.6 Å². The molecule has 140 valence electrons. The summed E-state index contributed by atoms with van der Waals surface area (Å²) in [7, 11) is 0. The number of fused-ring (bicyclic) bond motifs is 1. The molecular formula is C19H12F3N5O. The molecule has 0 aliphatic heterocycles. The lowest BCUT2D eigenvalue weighted by Crippen LogP contribution is -2.20. The van der Waals surface area contributed by atoms with Crippen LogP contribution in [0.4, 0.5) is 29.3 Å². The Balaban J connectivity index is 1.47. The molecule has 6 nitrogen and oxygen atoms in total. The van der Waals surface area contributed by atoms with E-state index in [0.29, 0.717) is 17.2 Å². The Morgan fingerprint density at radius 1 is 0.964 bits per heavy atom. The average molecular weight is 383 g/mol. The van der Waals surface area contributed by atoms with Gasteiger partial charge in [0.15, 0.2) is 17.5 Å². The van der Waals surface area contributed by atoms with Crippen LogP contribution in [0.15, 0.2) is 61.1 Å². The molecule has 0 bridgehead atoms. The molecule has 0 saturated carbocycles. The Morgan fingerprint density at radius 2 is 1.75 bits per heavy atom. The van der Waals surface area contributed by atoms with Crippen LogP contribution >= 0.6 is 0 Å². The quantitative estimate of drug-likeness (QED) is 0.513. The highest BCUT2D eigenvalue weighted by molar-refractivity contribution is 5.99. The fourth-order valence-electron chi connectivity index (χ4n) is 2.60. The third-order valence-electron chi connectivity index (χ3n) is 3.96. The van der Waals surface area contributed by atoms with Crippen LogP contribution < -0.4 is 10.6 Å². The molecule has 0 unspecified atom stereocenters. The fraction of sp³-hybridized carbons (Fsp3) is 0. The third kappa shape index (κ3) is 3.37. The number of rotatable bonds is 3. The number of imidazole rings is 1. The number of nitrogens with zero attached hydrogens (tertiary/aromatic N) is 3. The SMILES string of the molecule is O=C(Nc1ccc(-c2cn3cccnc3n2)cc1)Nc1ccc(F)c(F)c1F. The Labute approximate surface area is 156 Å². The highest BCUT2D eigenvalue weighted by Gasteiger charge is 2.15. The van der Waals surface area contributed by atoms with Crippen LogP contribution in [0.5, 0.6) is 0 Å². The average Bonchev–Trinajstić information content (AvgIpc) is 3.13. The van der Waals surface area contributed by atoms with E-state index in [1.165, 1.54) is 0 Å². The predicted octanol–water partition coefficient (Wildman–Crippen LogP) is 4.46. The summed E-state index contributed by atoms with van der Waals surface area (Å²) in [4.78, 5) is 20.5. The third-order valence-corrected chi connectivity index (χ3v) is 3.96. The minimum atomic E-state index is -1.65. The van der Waals surface area contributed by atoms with Crippen molar-refractivity contribution in [2.45, 2.75) is 0 Å². The van der Waals surface area contributed by atoms with Crippen molar-refractivity contribution in [3.05, 3.63) is 78.5 Å². The van der Waals surface area contributed by atoms with E-state index in [-0.39, 0.29) is 0 Å². The summed E-state index contributed by atoms with van der Waals surface area (Å²) in [6, 6.07) is 9.42. The van der Waals surface area contributed by atoms with Crippen LogP contribution in [-0.2, 0) is 0 Å². The lowest BCUT2D eigenvalue weighted by Gasteiger charge is -2.09. The normalized spacial score (nSPS) is 10.8. The van der Waals surface area contributed by atoms with Gasteiger partial charge in [0.25, 0.3) is 0 Å². The van der Waals surface area contributed by atoms with Crippen LogP contribution in [0.25, 0.3) is 17.0 Å². The van der Waals surface area contributed by atoms with Gasteiger partial charge in [-0.05, 0) is 30.3 Å². The monoisotopic (exact) mass is 383 g/mol. The maximum atomic E-state index is 13.6. The van der Waals surface area contributed by atoms with E-state index in [9.17, 15) is 18.0 Å². The van der Waals surface area contributed by atoms with Crippen LogP contribution in [0, 0.1) is 17.5 Å². The second-order valence-corrected chi connectivity index (χ2v) is 5.83. The Bertz CT molecular complexity index is 1140. The summed E-state index contributed by atoms with van der Waals surface area (Å²) in [5.74, 6) is -3.89. The summed E-state index contributed by atoms with van der Waals surface area (Å²) in [5, 5.41) is 4.62. The van der Waals surface area contributed by atoms with Gasteiger partial charge in [0, 0.05) is 29.8 Å². The molecule has 2 N–H and O–H groups in total. The highest BCUT2D eigenvalue weighted by atomic mass is 19.2. The van der Waals surface area contributed by atoms with Gasteiger partial charge in [-0.25, -0.2) is 27.9 Å². The van der Waals surface area contributed by atoms with Crippen molar-refractivity contribution in [2.75, 3.05) is 10.6 Å². The summed E-state index contributed by atoms with van der Waals surface area (Å²) in [5.41, 5.74) is 1.47. The van der Waals surface area contributed by atoms with E-state index in [4.69, 9.17) is 0 Å². The molecule has 28 heavy (non-hydrogen) atoms. The molecule has 2 aromatic carbocycles. The number of aromatic nitrogens is 3. The molecule has 0 aliphatic carbocycles. The molecule has 0 saturated heterocycles. The van der Waals surface area contributed by atoms with Crippen molar-refractivity contribution in [1.29, 1.82) is 0 Å². The van der Waals surface area contributed by atoms with Crippen molar-refractivity contribution < 1.29 is 18.0 Å². The maximum absolute atomic E-state index is 13.6. The zero-order valence-electron chi connectivity index (χ0n) is 14.2. The highest BCUT2D eigenvalue weighted by Crippen LogP contribution is 2.22. The van der Waals surface area contributed by atoms with Gasteiger partial charge in [-0.3, -0.25) is 4.40 Å². The number of nitrogens with one attached hydrogen (secondary N) is 2. The number of anilines is 2. The van der Waals surface area contributed by atoms with Crippen molar-refractivity contribution in [2.24, 2.45) is 0 Å². The van der Waals surface area contributed by atoms with Gasteiger partial charge in [-0.15, -0.1) is 0 Å². The zero-order chi connectivity index (χ0) is 19.7. The summed E-state index contributed by atoms with van der Waals surface area (Å²) < 4.78 is 41.6. The van der Waals surface area contributed by atoms with Crippen molar-refractivity contribution >= 4 is 23.2 Å². The number of hydrogen-bond donors (Lipinski definition) is 2. The van der Waals surface area contributed by atoms with Crippen LogP contribution in [0.1, 0.15) is 0 Å². The number of hydrogen-bond acceptors (Lipinski definition) is 3.